The van der Waals surface area contributed by atoms with E-state index in [0.717, 1.165) is 22.1 Å². The molecule has 2 heterocycles. The zero-order valence-electron chi connectivity index (χ0n) is 17.3. The van der Waals surface area contributed by atoms with E-state index >= 15 is 0 Å². The Morgan fingerprint density at radius 3 is 2.75 bits per heavy atom. The lowest BCUT2D eigenvalue weighted by Gasteiger charge is -2.12. The van der Waals surface area contributed by atoms with Crippen LogP contribution in [0.2, 0.25) is 0 Å². The summed E-state index contributed by atoms with van der Waals surface area (Å²) >= 11 is 1.29. The van der Waals surface area contributed by atoms with E-state index < -0.39 is 6.61 Å². The number of hydrogen-bond donors (Lipinski definition) is 1. The highest BCUT2D eigenvalue weighted by Gasteiger charge is 2.14. The van der Waals surface area contributed by atoms with E-state index in [-0.39, 0.29) is 29.7 Å². The molecule has 2 aromatic heterocycles. The lowest BCUT2D eigenvalue weighted by molar-refractivity contribution is -0.118. The predicted octanol–water partition coefficient (Wildman–Crippen LogP) is 4.21. The molecular formula is C22H20F2N4O3S. The van der Waals surface area contributed by atoms with Crippen LogP contribution >= 0.6 is 11.8 Å². The van der Waals surface area contributed by atoms with Crippen molar-refractivity contribution in [3.8, 4) is 11.5 Å². The number of methoxy groups -OCH3 is 1. The molecule has 0 radical (unpaired) electrons. The van der Waals surface area contributed by atoms with Crippen molar-refractivity contribution in [2.45, 2.75) is 25.2 Å². The topological polar surface area (TPSA) is 77.8 Å². The number of aryl methyl sites for hydroxylation is 1. The monoisotopic (exact) mass is 458 g/mol. The van der Waals surface area contributed by atoms with Gasteiger partial charge in [-0.05, 0) is 42.3 Å². The van der Waals surface area contributed by atoms with Crippen LogP contribution in [0.25, 0.3) is 16.6 Å². The largest absolute Gasteiger partial charge is 0.493 e. The van der Waals surface area contributed by atoms with E-state index in [2.05, 4.69) is 20.3 Å². The first-order valence-electron chi connectivity index (χ1n) is 9.71. The number of carbonyl (C=O) groups excluding carboxylic acids is 1. The third-order valence-electron chi connectivity index (χ3n) is 4.84. The smallest absolute Gasteiger partial charge is 0.387 e. The van der Waals surface area contributed by atoms with Gasteiger partial charge >= 0.3 is 6.61 Å². The van der Waals surface area contributed by atoms with E-state index in [1.54, 1.807) is 12.1 Å². The number of ether oxygens (including phenoxy) is 2. The van der Waals surface area contributed by atoms with Crippen molar-refractivity contribution in [1.82, 2.24) is 19.9 Å². The molecule has 0 spiro atoms. The van der Waals surface area contributed by atoms with E-state index in [9.17, 15) is 13.6 Å². The van der Waals surface area contributed by atoms with Gasteiger partial charge in [-0.15, -0.1) is 10.2 Å². The number of thioether (sulfide) groups is 1. The number of pyridine rings is 1. The van der Waals surface area contributed by atoms with Gasteiger partial charge < -0.3 is 14.8 Å². The first-order chi connectivity index (χ1) is 15.5. The molecule has 1 N–H and O–H groups in total. The first-order valence-corrected chi connectivity index (χ1v) is 10.7. The van der Waals surface area contributed by atoms with Gasteiger partial charge in [0.25, 0.3) is 0 Å². The van der Waals surface area contributed by atoms with Crippen LogP contribution in [0.15, 0.2) is 53.7 Å². The molecule has 0 saturated heterocycles. The summed E-state index contributed by atoms with van der Waals surface area (Å²) in [5.41, 5.74) is 3.50. The van der Waals surface area contributed by atoms with Gasteiger partial charge in [0, 0.05) is 11.9 Å². The first kappa shape index (κ1) is 21.8. The highest BCUT2D eigenvalue weighted by Crippen LogP contribution is 2.29. The Bertz CT molecular complexity index is 1280. The van der Waals surface area contributed by atoms with Gasteiger partial charge in [0.15, 0.2) is 22.3 Å². The summed E-state index contributed by atoms with van der Waals surface area (Å²) in [6.07, 6.45) is 0. The molecule has 32 heavy (non-hydrogen) atoms. The molecule has 0 saturated carbocycles. The summed E-state index contributed by atoms with van der Waals surface area (Å²) in [4.78, 5) is 12.4. The summed E-state index contributed by atoms with van der Waals surface area (Å²) in [7, 11) is 1.36. The maximum Gasteiger partial charge on any atom is 0.387 e. The Morgan fingerprint density at radius 2 is 1.97 bits per heavy atom. The van der Waals surface area contributed by atoms with Crippen LogP contribution < -0.4 is 14.8 Å². The molecule has 2 aromatic carbocycles. The highest BCUT2D eigenvalue weighted by molar-refractivity contribution is 7.99. The van der Waals surface area contributed by atoms with Crippen LogP contribution in [0.5, 0.6) is 11.5 Å². The van der Waals surface area contributed by atoms with Crippen molar-refractivity contribution in [3.63, 3.8) is 0 Å². The number of amides is 1. The van der Waals surface area contributed by atoms with Crippen LogP contribution in [0.4, 0.5) is 8.78 Å². The number of fused-ring (bicyclic) bond motifs is 3. The van der Waals surface area contributed by atoms with E-state index in [1.165, 1.54) is 24.9 Å². The van der Waals surface area contributed by atoms with Crippen molar-refractivity contribution in [2.24, 2.45) is 0 Å². The minimum atomic E-state index is -2.94. The summed E-state index contributed by atoms with van der Waals surface area (Å²) in [5.74, 6) is 0.0556. The fourth-order valence-electron chi connectivity index (χ4n) is 3.37. The molecule has 0 unspecified atom stereocenters. The minimum Gasteiger partial charge on any atom is -0.493 e. The number of nitrogens with one attached hydrogen (secondary N) is 1. The van der Waals surface area contributed by atoms with Crippen LogP contribution in [-0.2, 0) is 11.3 Å². The molecule has 0 aliphatic heterocycles. The minimum absolute atomic E-state index is 0.0609. The molecule has 0 atom stereocenters. The number of para-hydroxylation sites is 1. The second-order valence-electron chi connectivity index (χ2n) is 6.95. The molecule has 0 bridgehead atoms. The number of benzene rings is 2. The fourth-order valence-corrected chi connectivity index (χ4v) is 4.15. The molecule has 4 aromatic rings. The van der Waals surface area contributed by atoms with Gasteiger partial charge in [0.2, 0.25) is 5.91 Å². The molecule has 0 fully saturated rings. The second-order valence-corrected chi connectivity index (χ2v) is 7.89. The van der Waals surface area contributed by atoms with E-state index in [1.807, 2.05) is 41.7 Å². The third-order valence-corrected chi connectivity index (χ3v) is 5.77. The Hall–Kier alpha value is -3.40. The van der Waals surface area contributed by atoms with Crippen molar-refractivity contribution < 1.29 is 23.0 Å². The predicted molar refractivity (Wildman–Crippen MR) is 117 cm³/mol. The number of halogens is 2. The summed E-state index contributed by atoms with van der Waals surface area (Å²) in [6.45, 7) is -0.702. The van der Waals surface area contributed by atoms with Gasteiger partial charge in [-0.25, -0.2) is 0 Å². The normalized spacial score (nSPS) is 11.3. The Morgan fingerprint density at radius 1 is 1.16 bits per heavy atom. The van der Waals surface area contributed by atoms with Crippen LogP contribution in [-0.4, -0.2) is 40.0 Å². The lowest BCUT2D eigenvalue weighted by atomic mass is 10.1. The van der Waals surface area contributed by atoms with Gasteiger partial charge in [-0.3, -0.25) is 9.20 Å². The van der Waals surface area contributed by atoms with E-state index in [4.69, 9.17) is 4.74 Å². The maximum absolute atomic E-state index is 12.4. The average molecular weight is 458 g/mol. The van der Waals surface area contributed by atoms with Crippen LogP contribution in [0.1, 0.15) is 11.1 Å². The van der Waals surface area contributed by atoms with Crippen molar-refractivity contribution >= 4 is 34.2 Å². The summed E-state index contributed by atoms with van der Waals surface area (Å²) in [6, 6.07) is 14.5. The highest BCUT2D eigenvalue weighted by atomic mass is 32.2. The standard InChI is InChI=1S/C22H20F2N4O3S/c1-13-9-19-26-27-22(28(19)16-6-4-3-5-15(13)16)32-12-20(29)25-11-14-7-8-17(31-21(23)24)18(10-14)30-2/h3-10,21H,11-12H2,1-2H3,(H,25,29). The number of nitrogens with zero attached hydrogens (tertiary/aromatic N) is 3. The van der Waals surface area contributed by atoms with Gasteiger partial charge in [0.05, 0.1) is 18.4 Å². The number of hydrogen-bond acceptors (Lipinski definition) is 6. The van der Waals surface area contributed by atoms with Gasteiger partial charge in [0.1, 0.15) is 0 Å². The Balaban J connectivity index is 1.42. The number of aromatic nitrogens is 3. The second kappa shape index (κ2) is 9.39. The summed E-state index contributed by atoms with van der Waals surface area (Å²) in [5, 5.41) is 13.0. The SMILES string of the molecule is COc1cc(CNC(=O)CSc2nnc3cc(C)c4ccccc4n23)ccc1OC(F)F. The fraction of sp³-hybridized carbons (Fsp3) is 0.227. The molecule has 7 nitrogen and oxygen atoms in total. The Labute approximate surface area is 186 Å². The Kier molecular flexibility index (Phi) is 6.40. The summed E-state index contributed by atoms with van der Waals surface area (Å²) < 4.78 is 36.3. The number of carbonyl (C=O) groups is 1. The molecule has 0 aliphatic rings. The van der Waals surface area contributed by atoms with Crippen LogP contribution in [0.3, 0.4) is 0 Å². The van der Waals surface area contributed by atoms with Crippen molar-refractivity contribution in [1.29, 1.82) is 0 Å². The molecule has 10 heteroatoms. The number of rotatable bonds is 8. The average Bonchev–Trinajstić information content (AvgIpc) is 3.19. The molecule has 0 aliphatic carbocycles. The van der Waals surface area contributed by atoms with Gasteiger partial charge in [-0.2, -0.15) is 8.78 Å². The van der Waals surface area contributed by atoms with Crippen molar-refractivity contribution in [3.05, 3.63) is 59.7 Å². The zero-order valence-corrected chi connectivity index (χ0v) is 18.2. The quantitative estimate of drug-likeness (QED) is 0.399. The van der Waals surface area contributed by atoms with Crippen molar-refractivity contribution in [2.75, 3.05) is 12.9 Å². The molecule has 166 valence electrons. The molecule has 1 amide bonds. The number of alkyl halides is 2. The molecular weight excluding hydrogens is 438 g/mol. The maximum atomic E-state index is 12.4. The van der Waals surface area contributed by atoms with Gasteiger partial charge in [-0.1, -0.05) is 36.0 Å². The zero-order chi connectivity index (χ0) is 22.7. The van der Waals surface area contributed by atoms with Crippen LogP contribution in [0, 0.1) is 6.92 Å². The lowest BCUT2D eigenvalue weighted by Crippen LogP contribution is -2.24. The molecule has 4 rings (SSSR count). The third kappa shape index (κ3) is 4.59. The van der Waals surface area contributed by atoms with E-state index in [0.29, 0.717) is 10.7 Å².